The molecule has 3 nitrogen and oxygen atoms in total. The topological polar surface area (TPSA) is 39.1 Å². The van der Waals surface area contributed by atoms with Crippen molar-refractivity contribution >= 4 is 17.1 Å². The van der Waals surface area contributed by atoms with E-state index in [1.165, 1.54) is 5.56 Å². The molecule has 0 aliphatic carbocycles. The lowest BCUT2D eigenvalue weighted by Crippen LogP contribution is -2.22. The lowest BCUT2D eigenvalue weighted by molar-refractivity contribution is -0.107. The van der Waals surface area contributed by atoms with Crippen LogP contribution >= 0.6 is 0 Å². The highest BCUT2D eigenvalue weighted by Crippen LogP contribution is 2.31. The molecule has 0 bridgehead atoms. The molecular formula is C21H21NO2. The first-order valence-electron chi connectivity index (χ1n) is 8.22. The zero-order valence-electron chi connectivity index (χ0n) is 14.3. The Labute approximate surface area is 141 Å². The quantitative estimate of drug-likeness (QED) is 0.686. The van der Waals surface area contributed by atoms with Gasteiger partial charge < -0.3 is 9.36 Å². The summed E-state index contributed by atoms with van der Waals surface area (Å²) >= 11 is 0. The van der Waals surface area contributed by atoms with Crippen LogP contribution in [0.2, 0.25) is 0 Å². The van der Waals surface area contributed by atoms with E-state index in [0.717, 1.165) is 40.5 Å². The maximum absolute atomic E-state index is 12.7. The Bertz CT molecular complexity index is 966. The maximum Gasteiger partial charge on any atom is 0.258 e. The number of fused-ring (bicyclic) bond motifs is 1. The molecule has 0 saturated carbocycles. The van der Waals surface area contributed by atoms with Gasteiger partial charge in [-0.15, -0.1) is 0 Å². The van der Waals surface area contributed by atoms with E-state index in [9.17, 15) is 9.59 Å². The fourth-order valence-corrected chi connectivity index (χ4v) is 3.22. The SMILES string of the molecule is CCc1ccc(-c2c(CC=O)n(C)c(=O)c3ccc(C)cc23)cc1. The third-order valence-corrected chi connectivity index (χ3v) is 4.60. The molecule has 0 amide bonds. The summed E-state index contributed by atoms with van der Waals surface area (Å²) < 4.78 is 1.61. The van der Waals surface area contributed by atoms with Crippen molar-refractivity contribution in [2.45, 2.75) is 26.7 Å². The van der Waals surface area contributed by atoms with E-state index >= 15 is 0 Å². The molecule has 24 heavy (non-hydrogen) atoms. The van der Waals surface area contributed by atoms with Gasteiger partial charge in [0.15, 0.2) is 0 Å². The van der Waals surface area contributed by atoms with E-state index in [4.69, 9.17) is 0 Å². The Kier molecular flexibility index (Phi) is 4.34. The van der Waals surface area contributed by atoms with Crippen LogP contribution in [0, 0.1) is 6.92 Å². The number of pyridine rings is 1. The standard InChI is InChI=1S/C21H21NO2/c1-4-15-6-8-16(9-7-15)20-18-13-14(2)5-10-17(18)21(24)22(3)19(20)11-12-23/h5-10,12-13H,4,11H2,1-3H3. The van der Waals surface area contributed by atoms with Crippen LogP contribution in [0.4, 0.5) is 0 Å². The molecule has 0 atom stereocenters. The van der Waals surface area contributed by atoms with Gasteiger partial charge >= 0.3 is 0 Å². The summed E-state index contributed by atoms with van der Waals surface area (Å²) in [6, 6.07) is 14.2. The van der Waals surface area contributed by atoms with Crippen LogP contribution in [-0.2, 0) is 24.7 Å². The fourth-order valence-electron chi connectivity index (χ4n) is 3.22. The molecule has 0 radical (unpaired) electrons. The van der Waals surface area contributed by atoms with E-state index in [0.29, 0.717) is 5.39 Å². The molecule has 3 aromatic rings. The lowest BCUT2D eigenvalue weighted by atomic mass is 9.94. The molecule has 1 aromatic heterocycles. The summed E-state index contributed by atoms with van der Waals surface area (Å²) in [5, 5.41) is 1.60. The normalized spacial score (nSPS) is 11.0. The highest BCUT2D eigenvalue weighted by Gasteiger charge is 2.16. The molecule has 0 spiro atoms. The molecule has 1 heterocycles. The van der Waals surface area contributed by atoms with Gasteiger partial charge in [-0.3, -0.25) is 4.79 Å². The molecule has 0 unspecified atom stereocenters. The predicted octanol–water partition coefficient (Wildman–Crippen LogP) is 3.82. The van der Waals surface area contributed by atoms with Crippen molar-refractivity contribution in [3.63, 3.8) is 0 Å². The highest BCUT2D eigenvalue weighted by molar-refractivity contribution is 5.98. The second-order valence-corrected chi connectivity index (χ2v) is 6.16. The van der Waals surface area contributed by atoms with Crippen LogP contribution < -0.4 is 5.56 Å². The van der Waals surface area contributed by atoms with Gasteiger partial charge in [0.1, 0.15) is 6.29 Å². The molecule has 3 heteroatoms. The van der Waals surface area contributed by atoms with Crippen molar-refractivity contribution in [2.75, 3.05) is 0 Å². The third-order valence-electron chi connectivity index (χ3n) is 4.60. The molecular weight excluding hydrogens is 298 g/mol. The molecule has 0 N–H and O–H groups in total. The number of aryl methyl sites for hydroxylation is 2. The van der Waals surface area contributed by atoms with Crippen molar-refractivity contribution in [1.82, 2.24) is 4.57 Å². The number of carbonyl (C=O) groups excluding carboxylic acids is 1. The van der Waals surface area contributed by atoms with Crippen LogP contribution in [-0.4, -0.2) is 10.9 Å². The van der Waals surface area contributed by atoms with Crippen LogP contribution in [0.15, 0.2) is 47.3 Å². The van der Waals surface area contributed by atoms with E-state index in [1.807, 2.05) is 25.1 Å². The van der Waals surface area contributed by atoms with Gasteiger partial charge in [-0.1, -0.05) is 48.9 Å². The maximum atomic E-state index is 12.7. The molecule has 0 saturated heterocycles. The van der Waals surface area contributed by atoms with Crippen LogP contribution in [0.25, 0.3) is 21.9 Å². The Morgan fingerprint density at radius 1 is 1.04 bits per heavy atom. The first-order chi connectivity index (χ1) is 11.6. The van der Waals surface area contributed by atoms with Crippen LogP contribution in [0.5, 0.6) is 0 Å². The zero-order valence-corrected chi connectivity index (χ0v) is 14.3. The average Bonchev–Trinajstić information content (AvgIpc) is 2.60. The Morgan fingerprint density at radius 3 is 2.38 bits per heavy atom. The van der Waals surface area contributed by atoms with Gasteiger partial charge in [-0.25, -0.2) is 0 Å². The van der Waals surface area contributed by atoms with Crippen molar-refractivity contribution < 1.29 is 4.79 Å². The van der Waals surface area contributed by atoms with Crippen LogP contribution in [0.3, 0.4) is 0 Å². The number of benzene rings is 2. The molecule has 0 aliphatic rings. The molecule has 2 aromatic carbocycles. The first-order valence-corrected chi connectivity index (χ1v) is 8.22. The number of nitrogens with zero attached hydrogens (tertiary/aromatic N) is 1. The largest absolute Gasteiger partial charge is 0.314 e. The number of rotatable bonds is 4. The Balaban J connectivity index is 2.43. The van der Waals surface area contributed by atoms with Crippen molar-refractivity contribution in [3.05, 3.63) is 69.6 Å². The molecule has 0 aliphatic heterocycles. The number of aldehydes is 1. The fraction of sp³-hybridized carbons (Fsp3) is 0.238. The number of hydrogen-bond donors (Lipinski definition) is 0. The summed E-state index contributed by atoms with van der Waals surface area (Å²) in [4.78, 5) is 23.9. The average molecular weight is 319 g/mol. The van der Waals surface area contributed by atoms with Gasteiger partial charge in [0, 0.05) is 30.1 Å². The minimum Gasteiger partial charge on any atom is -0.314 e. The molecule has 3 rings (SSSR count). The van der Waals surface area contributed by atoms with E-state index in [1.54, 1.807) is 11.6 Å². The summed E-state index contributed by atoms with van der Waals surface area (Å²) in [7, 11) is 1.74. The summed E-state index contributed by atoms with van der Waals surface area (Å²) in [6.45, 7) is 4.14. The van der Waals surface area contributed by atoms with E-state index in [-0.39, 0.29) is 12.0 Å². The predicted molar refractivity (Wildman–Crippen MR) is 98.5 cm³/mol. The minimum atomic E-state index is -0.0595. The van der Waals surface area contributed by atoms with Crippen molar-refractivity contribution in [3.8, 4) is 11.1 Å². The van der Waals surface area contributed by atoms with E-state index < -0.39 is 0 Å². The summed E-state index contributed by atoms with van der Waals surface area (Å²) in [5.74, 6) is 0. The number of hydrogen-bond acceptors (Lipinski definition) is 2. The monoisotopic (exact) mass is 319 g/mol. The summed E-state index contributed by atoms with van der Waals surface area (Å²) in [5.41, 5.74) is 5.08. The second kappa shape index (κ2) is 6.44. The Morgan fingerprint density at radius 2 is 1.75 bits per heavy atom. The third kappa shape index (κ3) is 2.67. The van der Waals surface area contributed by atoms with Gasteiger partial charge in [0.2, 0.25) is 0 Å². The number of carbonyl (C=O) groups is 1. The van der Waals surface area contributed by atoms with Gasteiger partial charge in [0.05, 0.1) is 0 Å². The minimum absolute atomic E-state index is 0.0595. The Hall–Kier alpha value is -2.68. The molecule has 122 valence electrons. The zero-order chi connectivity index (χ0) is 17.3. The van der Waals surface area contributed by atoms with Gasteiger partial charge in [0.25, 0.3) is 5.56 Å². The second-order valence-electron chi connectivity index (χ2n) is 6.16. The smallest absolute Gasteiger partial charge is 0.258 e. The highest BCUT2D eigenvalue weighted by atomic mass is 16.1. The van der Waals surface area contributed by atoms with Crippen LogP contribution in [0.1, 0.15) is 23.7 Å². The van der Waals surface area contributed by atoms with Gasteiger partial charge in [-0.05, 0) is 35.9 Å². The van der Waals surface area contributed by atoms with E-state index in [2.05, 4.69) is 31.2 Å². The van der Waals surface area contributed by atoms with Crippen molar-refractivity contribution in [1.29, 1.82) is 0 Å². The summed E-state index contributed by atoms with van der Waals surface area (Å²) in [6.07, 6.45) is 2.06. The van der Waals surface area contributed by atoms with Gasteiger partial charge in [-0.2, -0.15) is 0 Å². The van der Waals surface area contributed by atoms with Crippen molar-refractivity contribution in [2.24, 2.45) is 7.05 Å². The first kappa shape index (κ1) is 16.2. The lowest BCUT2D eigenvalue weighted by Gasteiger charge is -2.17. The molecule has 0 fully saturated rings. The number of aromatic nitrogens is 1.